The molecule has 2 aromatic rings. The zero-order valence-electron chi connectivity index (χ0n) is 16.6. The first-order valence-electron chi connectivity index (χ1n) is 9.91. The Morgan fingerprint density at radius 3 is 2.71 bits per heavy atom. The van der Waals surface area contributed by atoms with Gasteiger partial charge in [-0.05, 0) is 51.3 Å². The number of nitrogens with zero attached hydrogens (tertiary/aromatic N) is 1. The molecule has 0 unspecified atom stereocenters. The molecule has 0 radical (unpaired) electrons. The van der Waals surface area contributed by atoms with Gasteiger partial charge in [0.15, 0.2) is 0 Å². The summed E-state index contributed by atoms with van der Waals surface area (Å²) in [5.74, 6) is 0.0621. The van der Waals surface area contributed by atoms with Crippen LogP contribution in [0, 0.1) is 6.92 Å². The smallest absolute Gasteiger partial charge is 0.261 e. The van der Waals surface area contributed by atoms with E-state index in [4.69, 9.17) is 4.74 Å². The Morgan fingerprint density at radius 2 is 2.07 bits per heavy atom. The van der Waals surface area contributed by atoms with Crippen molar-refractivity contribution in [2.75, 3.05) is 19.7 Å². The number of hydrogen-bond donors (Lipinski definition) is 2. The second kappa shape index (κ2) is 7.37. The van der Waals surface area contributed by atoms with Crippen LogP contribution >= 0.6 is 11.3 Å². The Balaban J connectivity index is 1.52. The number of thiophene rings is 1. The van der Waals surface area contributed by atoms with E-state index in [1.165, 1.54) is 4.88 Å². The number of aromatic nitrogens is 1. The van der Waals surface area contributed by atoms with Gasteiger partial charge in [-0.15, -0.1) is 11.3 Å². The highest BCUT2D eigenvalue weighted by Crippen LogP contribution is 2.44. The average Bonchev–Trinajstić information content (AvgIpc) is 3.28. The van der Waals surface area contributed by atoms with Crippen LogP contribution in [-0.4, -0.2) is 47.4 Å². The van der Waals surface area contributed by atoms with Crippen molar-refractivity contribution in [2.24, 2.45) is 0 Å². The summed E-state index contributed by atoms with van der Waals surface area (Å²) in [6.07, 6.45) is 4.18. The predicted molar refractivity (Wildman–Crippen MR) is 109 cm³/mol. The molecule has 0 aromatic carbocycles. The second-order valence-corrected chi connectivity index (χ2v) is 9.11. The van der Waals surface area contributed by atoms with Gasteiger partial charge in [0.2, 0.25) is 0 Å². The van der Waals surface area contributed by atoms with Crippen molar-refractivity contribution in [3.63, 3.8) is 0 Å². The Hall–Kier alpha value is -2.12. The molecule has 1 saturated heterocycles. The standard InChI is InChI=1S/C21H27N3O3S/c1-13(2)23-19(25)18-12-16-17(28-18)5-11-27-21(16)6-9-24(10-7-21)20(26)15-4-8-22-14(15)3/h4,8,12-13,22H,5-7,9-11H2,1-3H3,(H,23,25). The molecular weight excluding hydrogens is 374 g/mol. The van der Waals surface area contributed by atoms with E-state index in [0.29, 0.717) is 19.7 Å². The Morgan fingerprint density at radius 1 is 1.32 bits per heavy atom. The van der Waals surface area contributed by atoms with Crippen molar-refractivity contribution in [3.8, 4) is 0 Å². The van der Waals surface area contributed by atoms with Crippen LogP contribution in [0.2, 0.25) is 0 Å². The lowest BCUT2D eigenvalue weighted by Gasteiger charge is -2.44. The molecule has 6 nitrogen and oxygen atoms in total. The van der Waals surface area contributed by atoms with Crippen molar-refractivity contribution < 1.29 is 14.3 Å². The van der Waals surface area contributed by atoms with E-state index in [1.807, 2.05) is 37.8 Å². The van der Waals surface area contributed by atoms with Crippen LogP contribution in [0.5, 0.6) is 0 Å². The number of piperidine rings is 1. The number of carbonyl (C=O) groups is 2. The predicted octanol–water partition coefficient (Wildman–Crippen LogP) is 3.23. The second-order valence-electron chi connectivity index (χ2n) is 7.98. The molecule has 2 aliphatic rings. The minimum absolute atomic E-state index is 0.0138. The molecule has 4 rings (SSSR count). The van der Waals surface area contributed by atoms with Crippen molar-refractivity contribution in [1.29, 1.82) is 0 Å². The van der Waals surface area contributed by atoms with Gasteiger partial charge in [0, 0.05) is 42.3 Å². The largest absolute Gasteiger partial charge is 0.370 e. The molecule has 0 bridgehead atoms. The lowest BCUT2D eigenvalue weighted by molar-refractivity contribution is -0.0926. The third-order valence-corrected chi connectivity index (χ3v) is 6.89. The molecule has 1 spiro atoms. The SMILES string of the molecule is Cc1[nH]ccc1C(=O)N1CCC2(CC1)OCCc1sc(C(=O)NC(C)C)cc12. The van der Waals surface area contributed by atoms with E-state index >= 15 is 0 Å². The monoisotopic (exact) mass is 401 g/mol. The molecule has 0 saturated carbocycles. The molecule has 1 fully saturated rings. The van der Waals surface area contributed by atoms with E-state index in [1.54, 1.807) is 17.5 Å². The van der Waals surface area contributed by atoms with Crippen LogP contribution in [0.4, 0.5) is 0 Å². The van der Waals surface area contributed by atoms with Crippen LogP contribution in [0.25, 0.3) is 0 Å². The highest BCUT2D eigenvalue weighted by Gasteiger charge is 2.43. The number of fused-ring (bicyclic) bond motifs is 2. The van der Waals surface area contributed by atoms with Crippen LogP contribution in [-0.2, 0) is 16.8 Å². The maximum atomic E-state index is 12.8. The highest BCUT2D eigenvalue weighted by molar-refractivity contribution is 7.14. The number of hydrogen-bond acceptors (Lipinski definition) is 4. The van der Waals surface area contributed by atoms with Gasteiger partial charge in [-0.3, -0.25) is 9.59 Å². The minimum Gasteiger partial charge on any atom is -0.370 e. The summed E-state index contributed by atoms with van der Waals surface area (Å²) in [5, 5.41) is 2.98. The number of carbonyl (C=O) groups excluding carboxylic acids is 2. The number of aryl methyl sites for hydroxylation is 1. The van der Waals surface area contributed by atoms with E-state index in [2.05, 4.69) is 10.3 Å². The van der Waals surface area contributed by atoms with Gasteiger partial charge in [-0.1, -0.05) is 0 Å². The number of rotatable bonds is 3. The van der Waals surface area contributed by atoms with Crippen molar-refractivity contribution in [3.05, 3.63) is 44.9 Å². The maximum Gasteiger partial charge on any atom is 0.261 e. The topological polar surface area (TPSA) is 74.4 Å². The summed E-state index contributed by atoms with van der Waals surface area (Å²) in [4.78, 5) is 32.3. The fourth-order valence-electron chi connectivity index (χ4n) is 4.20. The van der Waals surface area contributed by atoms with Gasteiger partial charge in [0.05, 0.1) is 22.6 Å². The van der Waals surface area contributed by atoms with Crippen molar-refractivity contribution >= 4 is 23.2 Å². The molecular formula is C21H27N3O3S. The first-order chi connectivity index (χ1) is 13.4. The Kier molecular flexibility index (Phi) is 5.05. The van der Waals surface area contributed by atoms with Crippen LogP contribution in [0.3, 0.4) is 0 Å². The molecule has 150 valence electrons. The summed E-state index contributed by atoms with van der Waals surface area (Å²) in [5.41, 5.74) is 2.43. The molecule has 0 aliphatic carbocycles. The summed E-state index contributed by atoms with van der Waals surface area (Å²) < 4.78 is 6.28. The minimum atomic E-state index is -0.371. The number of likely N-dealkylation sites (tertiary alicyclic amines) is 1. The van der Waals surface area contributed by atoms with Gasteiger partial charge in [0.25, 0.3) is 11.8 Å². The third-order valence-electron chi connectivity index (χ3n) is 5.69. The lowest BCUT2D eigenvalue weighted by Crippen LogP contribution is -2.48. The van der Waals surface area contributed by atoms with Gasteiger partial charge in [-0.2, -0.15) is 0 Å². The summed E-state index contributed by atoms with van der Waals surface area (Å²) in [7, 11) is 0. The Bertz CT molecular complexity index is 891. The van der Waals surface area contributed by atoms with Gasteiger partial charge in [0.1, 0.15) is 0 Å². The number of amides is 2. The fourth-order valence-corrected chi connectivity index (χ4v) is 5.34. The van der Waals surface area contributed by atoms with Crippen molar-refractivity contribution in [1.82, 2.24) is 15.2 Å². The van der Waals surface area contributed by atoms with Crippen LogP contribution < -0.4 is 5.32 Å². The summed E-state index contributed by atoms with van der Waals surface area (Å²) in [6.45, 7) is 7.84. The zero-order chi connectivity index (χ0) is 19.9. The molecule has 2 aromatic heterocycles. The van der Waals surface area contributed by atoms with Gasteiger partial charge in [-0.25, -0.2) is 0 Å². The number of aromatic amines is 1. The number of ether oxygens (including phenoxy) is 1. The van der Waals surface area contributed by atoms with E-state index in [-0.39, 0.29) is 23.5 Å². The molecule has 28 heavy (non-hydrogen) atoms. The van der Waals surface area contributed by atoms with E-state index in [0.717, 1.165) is 41.0 Å². The number of nitrogens with one attached hydrogen (secondary N) is 2. The molecule has 2 N–H and O–H groups in total. The molecule has 7 heteroatoms. The number of H-pyrrole nitrogens is 1. The normalized spacial score (nSPS) is 18.4. The molecule has 2 amide bonds. The first-order valence-corrected chi connectivity index (χ1v) is 10.7. The van der Waals surface area contributed by atoms with Crippen LogP contribution in [0.1, 0.15) is 62.9 Å². The molecule has 2 aliphatic heterocycles. The quantitative estimate of drug-likeness (QED) is 0.829. The van der Waals surface area contributed by atoms with Gasteiger partial charge < -0.3 is 19.9 Å². The van der Waals surface area contributed by atoms with E-state index in [9.17, 15) is 9.59 Å². The molecule has 4 heterocycles. The first kappa shape index (κ1) is 19.2. The van der Waals surface area contributed by atoms with Crippen LogP contribution in [0.15, 0.2) is 18.3 Å². The Labute approximate surface area is 169 Å². The molecule has 0 atom stereocenters. The maximum absolute atomic E-state index is 12.8. The third kappa shape index (κ3) is 3.37. The lowest BCUT2D eigenvalue weighted by atomic mass is 9.82. The summed E-state index contributed by atoms with van der Waals surface area (Å²) in [6, 6.07) is 3.98. The van der Waals surface area contributed by atoms with Gasteiger partial charge >= 0.3 is 0 Å². The average molecular weight is 402 g/mol. The highest BCUT2D eigenvalue weighted by atomic mass is 32.1. The van der Waals surface area contributed by atoms with Crippen molar-refractivity contribution in [2.45, 2.75) is 51.7 Å². The van der Waals surface area contributed by atoms with E-state index < -0.39 is 0 Å². The summed E-state index contributed by atoms with van der Waals surface area (Å²) >= 11 is 1.58. The zero-order valence-corrected chi connectivity index (χ0v) is 17.4. The fraction of sp³-hybridized carbons (Fsp3) is 0.524.